The van der Waals surface area contributed by atoms with Crippen LogP contribution in [0, 0.1) is 13.8 Å². The summed E-state index contributed by atoms with van der Waals surface area (Å²) >= 11 is 0. The van der Waals surface area contributed by atoms with E-state index in [1.807, 2.05) is 33.2 Å². The van der Waals surface area contributed by atoms with E-state index in [9.17, 15) is 0 Å². The molecule has 2 aromatic heterocycles. The molecular formula is C10H12N4. The number of aromatic nitrogens is 4. The third kappa shape index (κ3) is 1.39. The topological polar surface area (TPSA) is 43.6 Å². The Morgan fingerprint density at radius 1 is 1.29 bits per heavy atom. The molecule has 0 N–H and O–H groups in total. The summed E-state index contributed by atoms with van der Waals surface area (Å²) in [6, 6.07) is 1.95. The molecule has 0 bridgehead atoms. The lowest BCUT2D eigenvalue weighted by atomic mass is 10.1. The van der Waals surface area contributed by atoms with Crippen LogP contribution in [0.2, 0.25) is 0 Å². The van der Waals surface area contributed by atoms with Gasteiger partial charge in [0.05, 0.1) is 11.4 Å². The van der Waals surface area contributed by atoms with Gasteiger partial charge in [0.15, 0.2) is 0 Å². The second-order valence-corrected chi connectivity index (χ2v) is 3.36. The predicted octanol–water partition coefficient (Wildman–Crippen LogP) is 1.49. The van der Waals surface area contributed by atoms with Crippen molar-refractivity contribution in [1.82, 2.24) is 20.0 Å². The van der Waals surface area contributed by atoms with Gasteiger partial charge < -0.3 is 0 Å². The van der Waals surface area contributed by atoms with Gasteiger partial charge >= 0.3 is 0 Å². The molecule has 0 atom stereocenters. The standard InChI is InChI=1S/C10H12N4/c1-7-4-5-11-12-10(7)9-6-14(3)13-8(9)2/h4-6H,1-3H3. The number of hydrogen-bond acceptors (Lipinski definition) is 3. The molecule has 0 unspecified atom stereocenters. The Morgan fingerprint density at radius 3 is 2.64 bits per heavy atom. The van der Waals surface area contributed by atoms with Crippen LogP contribution in [0.3, 0.4) is 0 Å². The van der Waals surface area contributed by atoms with E-state index in [-0.39, 0.29) is 0 Å². The lowest BCUT2D eigenvalue weighted by Gasteiger charge is -1.99. The van der Waals surface area contributed by atoms with Gasteiger partial charge in [-0.3, -0.25) is 4.68 Å². The van der Waals surface area contributed by atoms with E-state index in [4.69, 9.17) is 0 Å². The maximum atomic E-state index is 4.28. The van der Waals surface area contributed by atoms with Gasteiger partial charge in [-0.1, -0.05) is 0 Å². The minimum absolute atomic E-state index is 0.915. The van der Waals surface area contributed by atoms with Crippen molar-refractivity contribution in [2.75, 3.05) is 0 Å². The van der Waals surface area contributed by atoms with Crippen LogP contribution in [0.15, 0.2) is 18.5 Å². The summed E-state index contributed by atoms with van der Waals surface area (Å²) in [5.41, 5.74) is 4.07. The Hall–Kier alpha value is -1.71. The molecule has 2 aromatic rings. The van der Waals surface area contributed by atoms with Crippen molar-refractivity contribution >= 4 is 0 Å². The number of nitrogens with zero attached hydrogens (tertiary/aromatic N) is 4. The minimum Gasteiger partial charge on any atom is -0.275 e. The highest BCUT2D eigenvalue weighted by Crippen LogP contribution is 2.21. The van der Waals surface area contributed by atoms with Gasteiger partial charge in [0.1, 0.15) is 0 Å². The maximum absolute atomic E-state index is 4.28. The Kier molecular flexibility index (Phi) is 2.04. The fourth-order valence-corrected chi connectivity index (χ4v) is 1.49. The zero-order valence-corrected chi connectivity index (χ0v) is 8.52. The molecule has 0 amide bonds. The molecule has 0 radical (unpaired) electrons. The molecule has 0 fully saturated rings. The molecule has 0 spiro atoms. The predicted molar refractivity (Wildman–Crippen MR) is 53.7 cm³/mol. The Balaban J connectivity index is 2.60. The molecule has 4 heteroatoms. The lowest BCUT2D eigenvalue weighted by Crippen LogP contribution is -1.90. The fourth-order valence-electron chi connectivity index (χ4n) is 1.49. The van der Waals surface area contributed by atoms with Crippen LogP contribution in [-0.4, -0.2) is 20.0 Å². The largest absolute Gasteiger partial charge is 0.275 e. The molecule has 72 valence electrons. The monoisotopic (exact) mass is 188 g/mol. The average molecular weight is 188 g/mol. The third-order valence-corrected chi connectivity index (χ3v) is 2.19. The number of hydrogen-bond donors (Lipinski definition) is 0. The second kappa shape index (κ2) is 3.21. The number of aryl methyl sites for hydroxylation is 3. The molecule has 14 heavy (non-hydrogen) atoms. The quantitative estimate of drug-likeness (QED) is 0.681. The third-order valence-electron chi connectivity index (χ3n) is 2.19. The van der Waals surface area contributed by atoms with Crippen molar-refractivity contribution in [2.24, 2.45) is 7.05 Å². The van der Waals surface area contributed by atoms with E-state index >= 15 is 0 Å². The van der Waals surface area contributed by atoms with E-state index in [1.54, 1.807) is 10.9 Å². The molecule has 0 saturated carbocycles. The van der Waals surface area contributed by atoms with Crippen LogP contribution in [0.25, 0.3) is 11.3 Å². The molecule has 2 rings (SSSR count). The highest BCUT2D eigenvalue weighted by molar-refractivity contribution is 5.63. The van der Waals surface area contributed by atoms with Gasteiger partial charge in [0, 0.05) is 25.0 Å². The second-order valence-electron chi connectivity index (χ2n) is 3.36. The smallest absolute Gasteiger partial charge is 0.0993 e. The first-order chi connectivity index (χ1) is 6.68. The van der Waals surface area contributed by atoms with Crippen LogP contribution >= 0.6 is 0 Å². The van der Waals surface area contributed by atoms with Gasteiger partial charge in [-0.15, -0.1) is 0 Å². The summed E-state index contributed by atoms with van der Waals surface area (Å²) in [5, 5.41) is 12.3. The van der Waals surface area contributed by atoms with Crippen molar-refractivity contribution in [3.8, 4) is 11.3 Å². The van der Waals surface area contributed by atoms with Crippen molar-refractivity contribution in [3.05, 3.63) is 29.7 Å². The van der Waals surface area contributed by atoms with E-state index in [2.05, 4.69) is 15.3 Å². The zero-order chi connectivity index (χ0) is 10.1. The molecule has 0 saturated heterocycles. The van der Waals surface area contributed by atoms with Gasteiger partial charge in [-0.05, 0) is 25.5 Å². The van der Waals surface area contributed by atoms with Gasteiger partial charge in [0.25, 0.3) is 0 Å². The first-order valence-electron chi connectivity index (χ1n) is 4.47. The average Bonchev–Trinajstić information content (AvgIpc) is 2.46. The Labute approximate surface area is 82.6 Å². The van der Waals surface area contributed by atoms with E-state index < -0.39 is 0 Å². The lowest BCUT2D eigenvalue weighted by molar-refractivity contribution is 0.756. The molecule has 0 aromatic carbocycles. The highest BCUT2D eigenvalue weighted by Gasteiger charge is 2.09. The first-order valence-corrected chi connectivity index (χ1v) is 4.47. The van der Waals surface area contributed by atoms with Crippen molar-refractivity contribution in [3.63, 3.8) is 0 Å². The Morgan fingerprint density at radius 2 is 2.07 bits per heavy atom. The summed E-state index contributed by atoms with van der Waals surface area (Å²) in [7, 11) is 1.90. The summed E-state index contributed by atoms with van der Waals surface area (Å²) in [6.45, 7) is 4.00. The summed E-state index contributed by atoms with van der Waals surface area (Å²) in [5.74, 6) is 0. The van der Waals surface area contributed by atoms with Gasteiger partial charge in [0.2, 0.25) is 0 Å². The zero-order valence-electron chi connectivity index (χ0n) is 8.52. The minimum atomic E-state index is 0.915. The van der Waals surface area contributed by atoms with Crippen LogP contribution < -0.4 is 0 Å². The van der Waals surface area contributed by atoms with Crippen LogP contribution in [-0.2, 0) is 7.05 Å². The van der Waals surface area contributed by atoms with Crippen LogP contribution in [0.4, 0.5) is 0 Å². The van der Waals surface area contributed by atoms with Crippen molar-refractivity contribution in [1.29, 1.82) is 0 Å². The van der Waals surface area contributed by atoms with Crippen molar-refractivity contribution in [2.45, 2.75) is 13.8 Å². The maximum Gasteiger partial charge on any atom is 0.0993 e. The highest BCUT2D eigenvalue weighted by atomic mass is 15.3. The van der Waals surface area contributed by atoms with Gasteiger partial charge in [-0.2, -0.15) is 15.3 Å². The normalized spacial score (nSPS) is 10.5. The fraction of sp³-hybridized carbons (Fsp3) is 0.300. The first kappa shape index (κ1) is 8.87. The molecular weight excluding hydrogens is 176 g/mol. The van der Waals surface area contributed by atoms with Crippen molar-refractivity contribution < 1.29 is 0 Å². The molecule has 0 aliphatic rings. The Bertz CT molecular complexity index is 459. The van der Waals surface area contributed by atoms with E-state index in [0.29, 0.717) is 0 Å². The summed E-state index contributed by atoms with van der Waals surface area (Å²) < 4.78 is 1.79. The van der Waals surface area contributed by atoms with Gasteiger partial charge in [-0.25, -0.2) is 0 Å². The number of rotatable bonds is 1. The van der Waals surface area contributed by atoms with E-state index in [1.165, 1.54) is 0 Å². The SMILES string of the molecule is Cc1ccnnc1-c1cn(C)nc1C. The molecule has 4 nitrogen and oxygen atoms in total. The van der Waals surface area contributed by atoms with Crippen LogP contribution in [0.5, 0.6) is 0 Å². The summed E-state index contributed by atoms with van der Waals surface area (Å²) in [6.07, 6.45) is 3.66. The summed E-state index contributed by atoms with van der Waals surface area (Å²) in [4.78, 5) is 0. The molecule has 0 aliphatic heterocycles. The van der Waals surface area contributed by atoms with Crippen LogP contribution in [0.1, 0.15) is 11.3 Å². The molecule has 0 aliphatic carbocycles. The van der Waals surface area contributed by atoms with E-state index in [0.717, 1.165) is 22.5 Å². The molecule has 2 heterocycles.